The standard InChI is InChI=1S/C35H33ClN2O6S/c1-5-18-43-26-15-13-24(14-16-26)32-31(34(40)42-7-3)22(4)37-35-38(32)33(39)30(45-35)20-23-12-17-28(29(19-23)41-6-2)44-21-25-10-8-9-11-27(25)36/h5,8-17,19-20,32H,1,6-7,18,21H2,2-4H3/b30-20-/t32-/m1/s1. The molecule has 1 aliphatic heterocycles. The fourth-order valence-electron chi connectivity index (χ4n) is 4.93. The number of ether oxygens (including phenoxy) is 4. The van der Waals surface area contributed by atoms with Gasteiger partial charge in [0.15, 0.2) is 16.3 Å². The monoisotopic (exact) mass is 644 g/mol. The molecule has 1 atom stereocenters. The van der Waals surface area contributed by atoms with E-state index < -0.39 is 12.0 Å². The molecule has 0 saturated heterocycles. The third-order valence-electron chi connectivity index (χ3n) is 6.99. The maximum atomic E-state index is 14.0. The summed E-state index contributed by atoms with van der Waals surface area (Å²) in [4.78, 5) is 32.3. The van der Waals surface area contributed by atoms with Crippen molar-refractivity contribution in [3.05, 3.63) is 132 Å². The zero-order chi connectivity index (χ0) is 31.9. The fourth-order valence-corrected chi connectivity index (χ4v) is 6.17. The van der Waals surface area contributed by atoms with Gasteiger partial charge in [0.05, 0.1) is 35.1 Å². The number of carbonyl (C=O) groups is 1. The molecule has 0 unspecified atom stereocenters. The van der Waals surface area contributed by atoms with E-state index in [1.54, 1.807) is 42.7 Å². The summed E-state index contributed by atoms with van der Waals surface area (Å²) in [5, 5.41) is 0.624. The van der Waals surface area contributed by atoms with Gasteiger partial charge in [-0.1, -0.05) is 72.0 Å². The third kappa shape index (κ3) is 7.05. The van der Waals surface area contributed by atoms with Crippen LogP contribution in [0.2, 0.25) is 5.02 Å². The van der Waals surface area contributed by atoms with Gasteiger partial charge >= 0.3 is 5.97 Å². The van der Waals surface area contributed by atoms with Crippen molar-refractivity contribution >= 4 is 35.0 Å². The molecule has 2 heterocycles. The van der Waals surface area contributed by atoms with Crippen LogP contribution >= 0.6 is 22.9 Å². The lowest BCUT2D eigenvalue weighted by atomic mass is 9.96. The van der Waals surface area contributed by atoms with Crippen molar-refractivity contribution in [2.75, 3.05) is 19.8 Å². The van der Waals surface area contributed by atoms with E-state index in [0.29, 0.717) is 56.1 Å². The minimum absolute atomic E-state index is 0.196. The molecule has 232 valence electrons. The fraction of sp³-hybridized carbons (Fsp3) is 0.229. The Morgan fingerprint density at radius 2 is 1.80 bits per heavy atom. The summed E-state index contributed by atoms with van der Waals surface area (Å²) in [6.45, 7) is 10.3. The van der Waals surface area contributed by atoms with Gasteiger partial charge in [0.1, 0.15) is 19.0 Å². The Labute approximate surface area is 270 Å². The van der Waals surface area contributed by atoms with Crippen LogP contribution in [0.25, 0.3) is 6.08 Å². The second kappa shape index (κ2) is 14.5. The van der Waals surface area contributed by atoms with E-state index in [-0.39, 0.29) is 18.8 Å². The smallest absolute Gasteiger partial charge is 0.338 e. The van der Waals surface area contributed by atoms with E-state index in [2.05, 4.69) is 11.6 Å². The number of benzene rings is 3. The minimum Gasteiger partial charge on any atom is -0.490 e. The zero-order valence-electron chi connectivity index (χ0n) is 25.2. The van der Waals surface area contributed by atoms with Crippen molar-refractivity contribution in [1.82, 2.24) is 4.57 Å². The summed E-state index contributed by atoms with van der Waals surface area (Å²) in [6, 6.07) is 19.6. The molecule has 3 aromatic carbocycles. The first kappa shape index (κ1) is 31.8. The number of rotatable bonds is 12. The zero-order valence-corrected chi connectivity index (χ0v) is 26.8. The number of allylic oxidation sites excluding steroid dienone is 1. The van der Waals surface area contributed by atoms with Crippen molar-refractivity contribution in [3.8, 4) is 17.2 Å². The average molecular weight is 645 g/mol. The maximum absolute atomic E-state index is 14.0. The minimum atomic E-state index is -0.726. The molecule has 10 heteroatoms. The normalized spacial score (nSPS) is 14.4. The molecule has 45 heavy (non-hydrogen) atoms. The molecular formula is C35H33ClN2O6S. The van der Waals surface area contributed by atoms with E-state index in [4.69, 9.17) is 30.5 Å². The van der Waals surface area contributed by atoms with Crippen LogP contribution < -0.4 is 29.1 Å². The van der Waals surface area contributed by atoms with E-state index in [9.17, 15) is 9.59 Å². The second-order valence-corrected chi connectivity index (χ2v) is 11.4. The highest BCUT2D eigenvalue weighted by Gasteiger charge is 2.33. The van der Waals surface area contributed by atoms with Gasteiger partial charge in [-0.15, -0.1) is 0 Å². The van der Waals surface area contributed by atoms with Crippen molar-refractivity contribution in [2.24, 2.45) is 4.99 Å². The van der Waals surface area contributed by atoms with E-state index in [1.165, 1.54) is 11.3 Å². The van der Waals surface area contributed by atoms with Crippen molar-refractivity contribution in [1.29, 1.82) is 0 Å². The summed E-state index contributed by atoms with van der Waals surface area (Å²) in [5.41, 5.74) is 2.87. The largest absolute Gasteiger partial charge is 0.490 e. The van der Waals surface area contributed by atoms with Crippen LogP contribution in [0.4, 0.5) is 0 Å². The molecule has 8 nitrogen and oxygen atoms in total. The second-order valence-electron chi connectivity index (χ2n) is 9.99. The van der Waals surface area contributed by atoms with Crippen molar-refractivity contribution in [2.45, 2.75) is 33.4 Å². The lowest BCUT2D eigenvalue weighted by Crippen LogP contribution is -2.39. The molecule has 0 spiro atoms. The first-order chi connectivity index (χ1) is 21.8. The van der Waals surface area contributed by atoms with Gasteiger partial charge in [-0.25, -0.2) is 9.79 Å². The van der Waals surface area contributed by atoms with Gasteiger partial charge in [-0.3, -0.25) is 9.36 Å². The summed E-state index contributed by atoms with van der Waals surface area (Å²) in [6.07, 6.45) is 3.45. The number of aromatic nitrogens is 1. The highest BCUT2D eigenvalue weighted by atomic mass is 35.5. The number of nitrogens with zero attached hydrogens (tertiary/aromatic N) is 2. The average Bonchev–Trinajstić information content (AvgIpc) is 3.33. The Morgan fingerprint density at radius 3 is 2.51 bits per heavy atom. The summed E-state index contributed by atoms with van der Waals surface area (Å²) in [5.74, 6) is 1.24. The third-order valence-corrected chi connectivity index (χ3v) is 8.34. The Morgan fingerprint density at radius 1 is 1.02 bits per heavy atom. The van der Waals surface area contributed by atoms with Crippen LogP contribution in [0.3, 0.4) is 0 Å². The lowest BCUT2D eigenvalue weighted by Gasteiger charge is -2.24. The molecule has 0 fully saturated rings. The lowest BCUT2D eigenvalue weighted by molar-refractivity contribution is -0.139. The van der Waals surface area contributed by atoms with Gasteiger partial charge in [-0.2, -0.15) is 0 Å². The van der Waals surface area contributed by atoms with Crippen LogP contribution in [0, 0.1) is 0 Å². The Balaban J connectivity index is 1.54. The number of thiazole rings is 1. The molecule has 0 saturated carbocycles. The number of carbonyl (C=O) groups excluding carboxylic acids is 1. The van der Waals surface area contributed by atoms with Gasteiger partial charge in [0.25, 0.3) is 5.56 Å². The molecule has 1 aromatic heterocycles. The number of halogens is 1. The van der Waals surface area contributed by atoms with Crippen LogP contribution in [-0.4, -0.2) is 30.4 Å². The predicted octanol–water partition coefficient (Wildman–Crippen LogP) is 5.99. The first-order valence-electron chi connectivity index (χ1n) is 14.5. The Bertz CT molecular complexity index is 1930. The van der Waals surface area contributed by atoms with Gasteiger partial charge in [0.2, 0.25) is 0 Å². The van der Waals surface area contributed by atoms with Gasteiger partial charge < -0.3 is 18.9 Å². The number of hydrogen-bond donors (Lipinski definition) is 0. The van der Waals surface area contributed by atoms with E-state index >= 15 is 0 Å². The molecular weight excluding hydrogens is 612 g/mol. The van der Waals surface area contributed by atoms with Crippen molar-refractivity contribution < 1.29 is 23.7 Å². The number of fused-ring (bicyclic) bond motifs is 1. The molecule has 0 radical (unpaired) electrons. The molecule has 1 aliphatic rings. The summed E-state index contributed by atoms with van der Waals surface area (Å²) >= 11 is 7.55. The van der Waals surface area contributed by atoms with Crippen LogP contribution in [0.15, 0.2) is 100 Å². The van der Waals surface area contributed by atoms with Gasteiger partial charge in [0, 0.05) is 10.6 Å². The molecule has 4 aromatic rings. The van der Waals surface area contributed by atoms with Crippen LogP contribution in [0.1, 0.15) is 43.5 Å². The molecule has 0 bridgehead atoms. The van der Waals surface area contributed by atoms with E-state index in [0.717, 1.165) is 16.7 Å². The maximum Gasteiger partial charge on any atom is 0.338 e. The highest BCUT2D eigenvalue weighted by molar-refractivity contribution is 7.07. The van der Waals surface area contributed by atoms with Gasteiger partial charge in [-0.05, 0) is 68.3 Å². The summed E-state index contributed by atoms with van der Waals surface area (Å²) in [7, 11) is 0. The first-order valence-corrected chi connectivity index (χ1v) is 15.7. The molecule has 0 amide bonds. The van der Waals surface area contributed by atoms with Crippen molar-refractivity contribution in [3.63, 3.8) is 0 Å². The SMILES string of the molecule is C=CCOc1ccc([C@@H]2C(C(=O)OCC)=C(C)N=c3s/c(=C\c4ccc(OCc5ccccc5Cl)c(OCC)c4)c(=O)n32)cc1. The Hall–Kier alpha value is -4.60. The van der Waals surface area contributed by atoms with Crippen LogP contribution in [-0.2, 0) is 16.1 Å². The topological polar surface area (TPSA) is 88.4 Å². The number of hydrogen-bond acceptors (Lipinski definition) is 8. The molecule has 0 N–H and O–H groups in total. The predicted molar refractivity (Wildman–Crippen MR) is 176 cm³/mol. The molecule has 5 rings (SSSR count). The quantitative estimate of drug-likeness (QED) is 0.139. The Kier molecular flexibility index (Phi) is 10.2. The molecule has 0 aliphatic carbocycles. The summed E-state index contributed by atoms with van der Waals surface area (Å²) < 4.78 is 25.0. The highest BCUT2D eigenvalue weighted by Crippen LogP contribution is 2.32. The van der Waals surface area contributed by atoms with E-state index in [1.807, 2.05) is 61.5 Å². The van der Waals surface area contributed by atoms with Crippen LogP contribution in [0.5, 0.6) is 17.2 Å². The number of esters is 1.